The predicted octanol–water partition coefficient (Wildman–Crippen LogP) is 1.49. The topological polar surface area (TPSA) is 79.4 Å². The van der Waals surface area contributed by atoms with Gasteiger partial charge in [0.05, 0.1) is 18.1 Å². The SMILES string of the molecule is O=C(CN1CCN(Cc2ccc3c(c2)OCO3)CC1)N(C1CCCC1)[C@H]1CCS(=O)(=O)C1. The van der Waals surface area contributed by atoms with Gasteiger partial charge >= 0.3 is 0 Å². The molecule has 5 rings (SSSR count). The molecular weight excluding hydrogens is 430 g/mol. The maximum Gasteiger partial charge on any atom is 0.237 e. The van der Waals surface area contributed by atoms with E-state index in [1.807, 2.05) is 17.0 Å². The second kappa shape index (κ2) is 9.19. The fourth-order valence-electron chi connectivity index (χ4n) is 5.56. The maximum absolute atomic E-state index is 13.3. The number of carbonyl (C=O) groups is 1. The number of sulfone groups is 1. The second-order valence-corrected chi connectivity index (χ2v) is 11.8. The molecule has 3 aliphatic heterocycles. The van der Waals surface area contributed by atoms with Crippen LogP contribution in [0.4, 0.5) is 0 Å². The Morgan fingerprint density at radius 1 is 0.969 bits per heavy atom. The number of hydrogen-bond acceptors (Lipinski definition) is 7. The van der Waals surface area contributed by atoms with Crippen molar-refractivity contribution in [2.24, 2.45) is 0 Å². The molecule has 0 radical (unpaired) electrons. The highest BCUT2D eigenvalue weighted by Gasteiger charge is 2.39. The number of benzene rings is 1. The van der Waals surface area contributed by atoms with Crippen LogP contribution in [-0.4, -0.2) is 92.1 Å². The minimum Gasteiger partial charge on any atom is -0.454 e. The lowest BCUT2D eigenvalue weighted by molar-refractivity contribution is -0.137. The molecule has 0 bridgehead atoms. The van der Waals surface area contributed by atoms with Gasteiger partial charge < -0.3 is 14.4 Å². The molecule has 2 saturated heterocycles. The number of amides is 1. The summed E-state index contributed by atoms with van der Waals surface area (Å²) in [6.07, 6.45) is 4.87. The molecule has 3 heterocycles. The van der Waals surface area contributed by atoms with Crippen molar-refractivity contribution < 1.29 is 22.7 Å². The normalized spacial score (nSPS) is 25.9. The summed E-state index contributed by atoms with van der Waals surface area (Å²) in [5.74, 6) is 2.08. The molecule has 1 atom stereocenters. The van der Waals surface area contributed by atoms with Crippen LogP contribution in [-0.2, 0) is 21.2 Å². The highest BCUT2D eigenvalue weighted by Crippen LogP contribution is 2.33. The van der Waals surface area contributed by atoms with Gasteiger partial charge in [0.1, 0.15) is 0 Å². The van der Waals surface area contributed by atoms with E-state index in [9.17, 15) is 13.2 Å². The van der Waals surface area contributed by atoms with Crippen molar-refractivity contribution in [3.8, 4) is 11.5 Å². The molecule has 1 aliphatic carbocycles. The van der Waals surface area contributed by atoms with E-state index in [0.29, 0.717) is 13.0 Å². The van der Waals surface area contributed by atoms with Crippen LogP contribution in [0.15, 0.2) is 18.2 Å². The lowest BCUT2D eigenvalue weighted by atomic mass is 10.1. The largest absolute Gasteiger partial charge is 0.454 e. The van der Waals surface area contributed by atoms with Gasteiger partial charge in [-0.15, -0.1) is 0 Å². The Kier molecular flexibility index (Phi) is 6.31. The van der Waals surface area contributed by atoms with Crippen molar-refractivity contribution >= 4 is 15.7 Å². The molecule has 0 N–H and O–H groups in total. The van der Waals surface area contributed by atoms with Crippen LogP contribution in [0, 0.1) is 0 Å². The van der Waals surface area contributed by atoms with E-state index in [-0.39, 0.29) is 36.3 Å². The number of fused-ring (bicyclic) bond motifs is 1. The summed E-state index contributed by atoms with van der Waals surface area (Å²) in [5, 5.41) is 0. The third kappa shape index (κ3) is 4.89. The van der Waals surface area contributed by atoms with E-state index in [2.05, 4.69) is 15.9 Å². The molecule has 9 heteroatoms. The first-order valence-corrected chi connectivity index (χ1v) is 13.6. The highest BCUT2D eigenvalue weighted by molar-refractivity contribution is 7.91. The summed E-state index contributed by atoms with van der Waals surface area (Å²) in [7, 11) is -3.01. The molecule has 0 unspecified atom stereocenters. The molecular formula is C23H33N3O5S. The first-order valence-electron chi connectivity index (χ1n) is 11.8. The smallest absolute Gasteiger partial charge is 0.237 e. The van der Waals surface area contributed by atoms with Crippen LogP contribution < -0.4 is 9.47 Å². The number of carbonyl (C=O) groups excluding carboxylic acids is 1. The Hall–Kier alpha value is -1.84. The number of ether oxygens (including phenoxy) is 2. The van der Waals surface area contributed by atoms with Gasteiger partial charge in [-0.2, -0.15) is 0 Å². The van der Waals surface area contributed by atoms with Crippen LogP contribution in [0.25, 0.3) is 0 Å². The van der Waals surface area contributed by atoms with Crippen LogP contribution in [0.1, 0.15) is 37.7 Å². The summed E-state index contributed by atoms with van der Waals surface area (Å²) >= 11 is 0. The van der Waals surface area contributed by atoms with E-state index in [4.69, 9.17) is 9.47 Å². The van der Waals surface area contributed by atoms with Gasteiger partial charge in [0.25, 0.3) is 0 Å². The lowest BCUT2D eigenvalue weighted by Gasteiger charge is -2.38. The zero-order chi connectivity index (χ0) is 22.1. The number of piperazine rings is 1. The molecule has 32 heavy (non-hydrogen) atoms. The summed E-state index contributed by atoms with van der Waals surface area (Å²) in [6.45, 7) is 5.04. The number of rotatable bonds is 6. The van der Waals surface area contributed by atoms with E-state index in [0.717, 1.165) is 69.9 Å². The van der Waals surface area contributed by atoms with Gasteiger partial charge in [0, 0.05) is 44.8 Å². The summed E-state index contributed by atoms with van der Waals surface area (Å²) in [6, 6.07) is 6.18. The molecule has 8 nitrogen and oxygen atoms in total. The van der Waals surface area contributed by atoms with Gasteiger partial charge in [-0.3, -0.25) is 14.6 Å². The van der Waals surface area contributed by atoms with Crippen molar-refractivity contribution in [3.63, 3.8) is 0 Å². The van der Waals surface area contributed by atoms with E-state index in [1.165, 1.54) is 5.56 Å². The molecule has 1 aromatic rings. The van der Waals surface area contributed by atoms with E-state index < -0.39 is 9.84 Å². The third-order valence-corrected chi connectivity index (χ3v) is 9.03. The molecule has 4 aliphatic rings. The van der Waals surface area contributed by atoms with E-state index >= 15 is 0 Å². The van der Waals surface area contributed by atoms with Gasteiger partial charge in [0.15, 0.2) is 21.3 Å². The minimum atomic E-state index is -3.01. The second-order valence-electron chi connectivity index (χ2n) is 9.54. The summed E-state index contributed by atoms with van der Waals surface area (Å²) < 4.78 is 35.0. The Morgan fingerprint density at radius 3 is 2.41 bits per heavy atom. The zero-order valence-corrected chi connectivity index (χ0v) is 19.4. The predicted molar refractivity (Wildman–Crippen MR) is 120 cm³/mol. The van der Waals surface area contributed by atoms with Crippen LogP contribution in [0.3, 0.4) is 0 Å². The van der Waals surface area contributed by atoms with E-state index in [1.54, 1.807) is 0 Å². The Bertz CT molecular complexity index is 939. The maximum atomic E-state index is 13.3. The number of nitrogens with zero attached hydrogens (tertiary/aromatic N) is 3. The molecule has 0 aromatic heterocycles. The van der Waals surface area contributed by atoms with Crippen LogP contribution in [0.2, 0.25) is 0 Å². The van der Waals surface area contributed by atoms with Crippen LogP contribution >= 0.6 is 0 Å². The van der Waals surface area contributed by atoms with Crippen molar-refractivity contribution in [3.05, 3.63) is 23.8 Å². The fraction of sp³-hybridized carbons (Fsp3) is 0.696. The first-order chi connectivity index (χ1) is 15.5. The molecule has 1 aromatic carbocycles. The van der Waals surface area contributed by atoms with Crippen molar-refractivity contribution in [1.82, 2.24) is 14.7 Å². The molecule has 1 amide bonds. The number of hydrogen-bond donors (Lipinski definition) is 0. The molecule has 176 valence electrons. The summed E-state index contributed by atoms with van der Waals surface area (Å²) in [5.41, 5.74) is 1.20. The zero-order valence-electron chi connectivity index (χ0n) is 18.6. The van der Waals surface area contributed by atoms with Crippen molar-refractivity contribution in [2.75, 3.05) is 51.0 Å². The van der Waals surface area contributed by atoms with Crippen molar-refractivity contribution in [2.45, 2.75) is 50.7 Å². The molecule has 0 spiro atoms. The monoisotopic (exact) mass is 463 g/mol. The standard InChI is InChI=1S/C23H33N3O5S/c27-23(26(19-3-1-2-4-19)20-7-12-32(28,29)16-20)15-25-10-8-24(9-11-25)14-18-5-6-21-22(13-18)31-17-30-21/h5-6,13,19-20H,1-4,7-12,14-17H2/t20-/m0/s1. The Balaban J connectivity index is 1.15. The average Bonchev–Trinajstić information content (AvgIpc) is 3.51. The van der Waals surface area contributed by atoms with Gasteiger partial charge in [-0.25, -0.2) is 8.42 Å². The first kappa shape index (κ1) is 22.0. The third-order valence-electron chi connectivity index (χ3n) is 7.27. The van der Waals surface area contributed by atoms with Gasteiger partial charge in [-0.05, 0) is 37.0 Å². The molecule has 1 saturated carbocycles. The minimum absolute atomic E-state index is 0.114. The summed E-state index contributed by atoms with van der Waals surface area (Å²) in [4.78, 5) is 19.9. The quantitative estimate of drug-likeness (QED) is 0.632. The van der Waals surface area contributed by atoms with Crippen molar-refractivity contribution in [1.29, 1.82) is 0 Å². The van der Waals surface area contributed by atoms with Gasteiger partial charge in [0.2, 0.25) is 12.7 Å². The Morgan fingerprint density at radius 2 is 1.69 bits per heavy atom. The fourth-order valence-corrected chi connectivity index (χ4v) is 7.27. The highest BCUT2D eigenvalue weighted by atomic mass is 32.2. The van der Waals surface area contributed by atoms with Gasteiger partial charge in [-0.1, -0.05) is 18.9 Å². The lowest BCUT2D eigenvalue weighted by Crippen LogP contribution is -2.53. The Labute approximate surface area is 190 Å². The van der Waals surface area contributed by atoms with Crippen LogP contribution in [0.5, 0.6) is 11.5 Å². The average molecular weight is 464 g/mol. The molecule has 3 fully saturated rings.